The van der Waals surface area contributed by atoms with Crippen LogP contribution in [0.3, 0.4) is 0 Å². The summed E-state index contributed by atoms with van der Waals surface area (Å²) in [7, 11) is 3.71. The first-order chi connectivity index (χ1) is 18.5. The smallest absolute Gasteiger partial charge is 0.165 e. The number of aryl methyl sites for hydroxylation is 1. The molecule has 5 fully saturated rings. The summed E-state index contributed by atoms with van der Waals surface area (Å²) >= 11 is 0. The average molecular weight is 516 g/mol. The summed E-state index contributed by atoms with van der Waals surface area (Å²) in [6.45, 7) is 5.95. The summed E-state index contributed by atoms with van der Waals surface area (Å²) in [5.41, 5.74) is 5.37. The second-order valence-electron chi connectivity index (χ2n) is 13.2. The minimum atomic E-state index is -0.336. The number of benzene rings is 2. The molecule has 2 aromatic carbocycles. The first-order valence-corrected chi connectivity index (χ1v) is 14.8. The van der Waals surface area contributed by atoms with E-state index in [9.17, 15) is 0 Å². The fourth-order valence-electron chi connectivity index (χ4n) is 9.90. The first-order valence-electron chi connectivity index (χ1n) is 14.8. The van der Waals surface area contributed by atoms with Crippen LogP contribution in [0.5, 0.6) is 11.5 Å². The van der Waals surface area contributed by atoms with Crippen molar-refractivity contribution in [2.24, 2.45) is 17.3 Å². The van der Waals surface area contributed by atoms with Crippen LogP contribution in [0, 0.1) is 24.2 Å². The van der Waals surface area contributed by atoms with Crippen LogP contribution in [-0.2, 0) is 27.9 Å². The van der Waals surface area contributed by atoms with Gasteiger partial charge in [-0.15, -0.1) is 0 Å². The Kier molecular flexibility index (Phi) is 5.14. The van der Waals surface area contributed by atoms with Crippen molar-refractivity contribution in [3.63, 3.8) is 0 Å². The Labute approximate surface area is 226 Å². The maximum absolute atomic E-state index is 7.14. The van der Waals surface area contributed by atoms with E-state index < -0.39 is 0 Å². The zero-order valence-corrected chi connectivity index (χ0v) is 23.1. The first kappa shape index (κ1) is 23.8. The van der Waals surface area contributed by atoms with Crippen molar-refractivity contribution in [3.8, 4) is 11.5 Å². The van der Waals surface area contributed by atoms with E-state index in [1.165, 1.54) is 54.6 Å². The Morgan fingerprint density at radius 1 is 1.03 bits per heavy atom. The van der Waals surface area contributed by atoms with E-state index in [0.29, 0.717) is 18.6 Å². The molecule has 1 saturated heterocycles. The van der Waals surface area contributed by atoms with Crippen LogP contribution in [0.2, 0.25) is 0 Å². The molecule has 4 bridgehead atoms. The summed E-state index contributed by atoms with van der Waals surface area (Å²) < 4.78 is 26.2. The fraction of sp³-hybridized carbons (Fsp3) is 0.636. The molecular weight excluding hydrogens is 474 g/mol. The molecule has 5 aliphatic carbocycles. The standard InChI is InChI=1S/C33H41NO4/c1-21-4-6-23(7-5-21)19-37-20-25-17-31-12-13-33(25,36-3)30-32(31)14-15-34(18-22-8-9-22)27(31)16-24-10-11-26(35-2)29(38-30)28(24)32/h4-7,10-11,22,25,27,30H,8-9,12-20H2,1-3H3/t25-,27-,30-,31-,32+,33-/m1/s1. The van der Waals surface area contributed by atoms with Crippen molar-refractivity contribution >= 4 is 0 Å². The highest BCUT2D eigenvalue weighted by Gasteiger charge is 2.80. The van der Waals surface area contributed by atoms with Crippen molar-refractivity contribution in [1.29, 1.82) is 0 Å². The highest BCUT2D eigenvalue weighted by molar-refractivity contribution is 5.63. The van der Waals surface area contributed by atoms with Gasteiger partial charge in [-0.05, 0) is 81.5 Å². The van der Waals surface area contributed by atoms with Gasteiger partial charge in [0.25, 0.3) is 0 Å². The van der Waals surface area contributed by atoms with Crippen LogP contribution in [0.15, 0.2) is 36.4 Å². The Bertz CT molecular complexity index is 1260. The fourth-order valence-corrected chi connectivity index (χ4v) is 9.90. The molecule has 0 unspecified atom stereocenters. The molecule has 38 heavy (non-hydrogen) atoms. The molecule has 0 amide bonds. The van der Waals surface area contributed by atoms with Crippen molar-refractivity contribution < 1.29 is 18.9 Å². The highest BCUT2D eigenvalue weighted by Crippen LogP contribution is 2.76. The number of fused-ring (bicyclic) bond motifs is 2. The number of hydrogen-bond acceptors (Lipinski definition) is 5. The lowest BCUT2D eigenvalue weighted by atomic mass is 9.35. The third-order valence-electron chi connectivity index (χ3n) is 11.7. The monoisotopic (exact) mass is 515 g/mol. The van der Waals surface area contributed by atoms with Gasteiger partial charge in [-0.25, -0.2) is 0 Å². The molecule has 2 aliphatic heterocycles. The Morgan fingerprint density at radius 2 is 1.87 bits per heavy atom. The zero-order valence-electron chi connectivity index (χ0n) is 23.1. The molecule has 2 aromatic rings. The Balaban J connectivity index is 1.20. The summed E-state index contributed by atoms with van der Waals surface area (Å²) in [5.74, 6) is 3.12. The number of rotatable bonds is 8. The van der Waals surface area contributed by atoms with Crippen LogP contribution >= 0.6 is 0 Å². The maximum atomic E-state index is 7.14. The SMILES string of the molecule is COc1ccc2c3c1O[C@H]1[C@@]4(OC)CC[C@@]5(C[C@@H]4COCc4ccc(C)cc4)[C@@H](C2)N(CC2CC2)CC[C@]315. The van der Waals surface area contributed by atoms with E-state index in [1.807, 2.05) is 7.11 Å². The lowest BCUT2D eigenvalue weighted by Crippen LogP contribution is -2.81. The minimum absolute atomic E-state index is 0.0108. The summed E-state index contributed by atoms with van der Waals surface area (Å²) in [6, 6.07) is 13.8. The molecule has 7 aliphatic rings. The predicted molar refractivity (Wildman–Crippen MR) is 146 cm³/mol. The largest absolute Gasteiger partial charge is 0.493 e. The molecule has 2 heterocycles. The topological polar surface area (TPSA) is 40.2 Å². The highest BCUT2D eigenvalue weighted by atomic mass is 16.6. The molecule has 5 nitrogen and oxygen atoms in total. The van der Waals surface area contributed by atoms with Crippen LogP contribution in [0.25, 0.3) is 0 Å². The van der Waals surface area contributed by atoms with Gasteiger partial charge in [-0.2, -0.15) is 0 Å². The number of hydrogen-bond donors (Lipinski definition) is 0. The van der Waals surface area contributed by atoms with Crippen molar-refractivity contribution in [2.45, 2.75) is 81.6 Å². The van der Waals surface area contributed by atoms with Crippen molar-refractivity contribution in [2.75, 3.05) is 33.9 Å². The third-order valence-corrected chi connectivity index (χ3v) is 11.7. The van der Waals surface area contributed by atoms with Crippen LogP contribution in [0.4, 0.5) is 0 Å². The molecule has 4 saturated carbocycles. The van der Waals surface area contributed by atoms with Crippen molar-refractivity contribution in [3.05, 3.63) is 58.7 Å². The molecule has 9 rings (SSSR count). The van der Waals surface area contributed by atoms with Crippen LogP contribution in [-0.4, -0.2) is 56.6 Å². The van der Waals surface area contributed by atoms with Crippen LogP contribution < -0.4 is 9.47 Å². The average Bonchev–Trinajstić information content (AvgIpc) is 3.68. The van der Waals surface area contributed by atoms with Gasteiger partial charge in [0.05, 0.1) is 20.3 Å². The van der Waals surface area contributed by atoms with Gasteiger partial charge in [0.1, 0.15) is 11.7 Å². The molecule has 0 N–H and O–H groups in total. The van der Waals surface area contributed by atoms with Gasteiger partial charge in [-0.1, -0.05) is 35.9 Å². The lowest BCUT2D eigenvalue weighted by molar-refractivity contribution is -0.283. The maximum Gasteiger partial charge on any atom is 0.165 e. The van der Waals surface area contributed by atoms with Crippen LogP contribution in [0.1, 0.15) is 60.8 Å². The van der Waals surface area contributed by atoms with E-state index in [-0.39, 0.29) is 22.5 Å². The van der Waals surface area contributed by atoms with E-state index in [1.54, 1.807) is 7.11 Å². The second-order valence-corrected chi connectivity index (χ2v) is 13.2. The van der Waals surface area contributed by atoms with Gasteiger partial charge in [0, 0.05) is 42.0 Å². The quantitative estimate of drug-likeness (QED) is 0.468. The Hall–Kier alpha value is -2.08. The molecule has 0 radical (unpaired) electrons. The van der Waals surface area contributed by atoms with E-state index in [2.05, 4.69) is 48.2 Å². The van der Waals surface area contributed by atoms with Gasteiger partial charge in [0.15, 0.2) is 11.5 Å². The second kappa shape index (κ2) is 8.22. The number of likely N-dealkylation sites (tertiary alicyclic amines) is 1. The molecular formula is C33H41NO4. The van der Waals surface area contributed by atoms with Gasteiger partial charge in [-0.3, -0.25) is 4.90 Å². The zero-order chi connectivity index (χ0) is 25.7. The Morgan fingerprint density at radius 3 is 2.63 bits per heavy atom. The summed E-state index contributed by atoms with van der Waals surface area (Å²) in [6.07, 6.45) is 8.57. The normalized spacial score (nSPS) is 38.1. The molecule has 2 spiro atoms. The molecule has 5 heteroatoms. The van der Waals surface area contributed by atoms with E-state index in [4.69, 9.17) is 18.9 Å². The molecule has 202 valence electrons. The van der Waals surface area contributed by atoms with Crippen molar-refractivity contribution in [1.82, 2.24) is 4.90 Å². The number of nitrogens with zero attached hydrogens (tertiary/aromatic N) is 1. The van der Waals surface area contributed by atoms with Gasteiger partial charge < -0.3 is 18.9 Å². The van der Waals surface area contributed by atoms with E-state index >= 15 is 0 Å². The van der Waals surface area contributed by atoms with E-state index in [0.717, 1.165) is 49.7 Å². The number of ether oxygens (including phenoxy) is 4. The minimum Gasteiger partial charge on any atom is -0.493 e. The predicted octanol–water partition coefficient (Wildman–Crippen LogP) is 5.44. The molecule has 6 atom stereocenters. The number of piperidine rings is 1. The summed E-state index contributed by atoms with van der Waals surface area (Å²) in [4.78, 5) is 2.90. The third kappa shape index (κ3) is 2.93. The number of methoxy groups -OCH3 is 2. The lowest BCUT2D eigenvalue weighted by Gasteiger charge is -2.74. The molecule has 0 aromatic heterocycles. The summed E-state index contributed by atoms with van der Waals surface area (Å²) in [5, 5.41) is 0. The van der Waals surface area contributed by atoms with Gasteiger partial charge >= 0.3 is 0 Å². The van der Waals surface area contributed by atoms with Gasteiger partial charge in [0.2, 0.25) is 0 Å².